The Labute approximate surface area is 94.3 Å². The first kappa shape index (κ1) is 12.2. The van der Waals surface area contributed by atoms with Crippen molar-refractivity contribution in [3.05, 3.63) is 22.8 Å². The molecule has 84 valence electrons. The molecule has 0 aliphatic carbocycles. The minimum atomic E-state index is -0.0469. The lowest BCUT2D eigenvalue weighted by molar-refractivity contribution is 0.0889. The second-order valence-corrected chi connectivity index (χ2v) is 3.61. The molecule has 0 saturated carbocycles. The van der Waals surface area contributed by atoms with Crippen LogP contribution < -0.4 is 10.5 Å². The van der Waals surface area contributed by atoms with Gasteiger partial charge in [-0.25, -0.2) is 4.98 Å². The van der Waals surface area contributed by atoms with Crippen molar-refractivity contribution in [3.8, 4) is 5.88 Å². The van der Waals surface area contributed by atoms with Crippen molar-refractivity contribution < 1.29 is 9.47 Å². The van der Waals surface area contributed by atoms with Crippen LogP contribution in [-0.2, 0) is 11.3 Å². The van der Waals surface area contributed by atoms with E-state index in [4.69, 9.17) is 26.8 Å². The minimum absolute atomic E-state index is 0.0469. The smallest absolute Gasteiger partial charge is 0.213 e. The zero-order valence-corrected chi connectivity index (χ0v) is 9.62. The number of aromatic nitrogens is 1. The van der Waals surface area contributed by atoms with Gasteiger partial charge in [0.1, 0.15) is 6.10 Å². The van der Waals surface area contributed by atoms with Crippen LogP contribution in [0.2, 0.25) is 5.02 Å². The minimum Gasteiger partial charge on any atom is -0.472 e. The summed E-state index contributed by atoms with van der Waals surface area (Å²) in [6, 6.07) is 1.74. The molecular formula is C10H15ClN2O2. The molecule has 1 aromatic heterocycles. The lowest BCUT2D eigenvalue weighted by Gasteiger charge is -2.13. The van der Waals surface area contributed by atoms with E-state index in [1.54, 1.807) is 19.4 Å². The summed E-state index contributed by atoms with van der Waals surface area (Å²) in [5.74, 6) is 0.518. The van der Waals surface area contributed by atoms with Gasteiger partial charge in [-0.3, -0.25) is 0 Å². The number of hydrogen-bond acceptors (Lipinski definition) is 4. The number of nitrogens with two attached hydrogens (primary N) is 1. The van der Waals surface area contributed by atoms with E-state index in [1.165, 1.54) is 0 Å². The van der Waals surface area contributed by atoms with Crippen molar-refractivity contribution >= 4 is 11.6 Å². The topological polar surface area (TPSA) is 57.4 Å². The highest BCUT2D eigenvalue weighted by Gasteiger charge is 2.06. The maximum Gasteiger partial charge on any atom is 0.213 e. The monoisotopic (exact) mass is 230 g/mol. The number of ether oxygens (including phenoxy) is 2. The van der Waals surface area contributed by atoms with Crippen molar-refractivity contribution in [1.82, 2.24) is 4.98 Å². The van der Waals surface area contributed by atoms with Crippen molar-refractivity contribution in [2.24, 2.45) is 5.73 Å². The van der Waals surface area contributed by atoms with Crippen molar-refractivity contribution in [3.63, 3.8) is 0 Å². The fourth-order valence-electron chi connectivity index (χ4n) is 1.15. The number of pyridine rings is 1. The molecule has 0 fully saturated rings. The molecule has 1 heterocycles. The summed E-state index contributed by atoms with van der Waals surface area (Å²) in [5.41, 5.74) is 6.34. The van der Waals surface area contributed by atoms with E-state index < -0.39 is 0 Å². The standard InChI is InChI=1S/C10H15ClN2O2/c1-7(6-14-2)15-10-3-8(4-12)9(11)5-13-10/h3,5,7H,4,6,12H2,1-2H3. The van der Waals surface area contributed by atoms with Crippen molar-refractivity contribution in [1.29, 1.82) is 0 Å². The highest BCUT2D eigenvalue weighted by Crippen LogP contribution is 2.19. The largest absolute Gasteiger partial charge is 0.472 e. The Hall–Kier alpha value is -0.840. The summed E-state index contributed by atoms with van der Waals surface area (Å²) >= 11 is 5.87. The third-order valence-corrected chi connectivity index (χ3v) is 2.19. The average molecular weight is 231 g/mol. The van der Waals surface area contributed by atoms with Gasteiger partial charge in [0.05, 0.1) is 11.6 Å². The van der Waals surface area contributed by atoms with Crippen LogP contribution in [0.15, 0.2) is 12.3 Å². The van der Waals surface area contributed by atoms with Gasteiger partial charge in [0.25, 0.3) is 0 Å². The predicted molar refractivity (Wildman–Crippen MR) is 59.1 cm³/mol. The highest BCUT2D eigenvalue weighted by molar-refractivity contribution is 6.31. The highest BCUT2D eigenvalue weighted by atomic mass is 35.5. The molecule has 5 heteroatoms. The molecular weight excluding hydrogens is 216 g/mol. The quantitative estimate of drug-likeness (QED) is 0.835. The Morgan fingerprint density at radius 1 is 1.60 bits per heavy atom. The summed E-state index contributed by atoms with van der Waals surface area (Å²) in [4.78, 5) is 4.04. The molecule has 0 aromatic carbocycles. The first-order valence-electron chi connectivity index (χ1n) is 4.67. The van der Waals surface area contributed by atoms with E-state index in [0.29, 0.717) is 24.1 Å². The molecule has 0 bridgehead atoms. The van der Waals surface area contributed by atoms with Crippen LogP contribution in [0.1, 0.15) is 12.5 Å². The van der Waals surface area contributed by atoms with Gasteiger partial charge in [-0.2, -0.15) is 0 Å². The number of nitrogens with zero attached hydrogens (tertiary/aromatic N) is 1. The summed E-state index contributed by atoms with van der Waals surface area (Å²) in [7, 11) is 1.63. The van der Waals surface area contributed by atoms with Gasteiger partial charge >= 0.3 is 0 Å². The van der Waals surface area contributed by atoms with Gasteiger partial charge in [-0.15, -0.1) is 0 Å². The fourth-order valence-corrected chi connectivity index (χ4v) is 1.33. The number of rotatable bonds is 5. The second kappa shape index (κ2) is 5.90. The summed E-state index contributed by atoms with van der Waals surface area (Å²) in [6.07, 6.45) is 1.49. The van der Waals surface area contributed by atoms with Crippen LogP contribution in [0, 0.1) is 0 Å². The van der Waals surface area contributed by atoms with E-state index >= 15 is 0 Å². The predicted octanol–water partition coefficient (Wildman–Crippen LogP) is 1.61. The van der Waals surface area contributed by atoms with Gasteiger partial charge in [0.15, 0.2) is 0 Å². The maximum atomic E-state index is 5.87. The van der Waals surface area contributed by atoms with Gasteiger partial charge in [0.2, 0.25) is 5.88 Å². The van der Waals surface area contributed by atoms with Crippen LogP contribution in [-0.4, -0.2) is 24.8 Å². The van der Waals surface area contributed by atoms with Crippen LogP contribution >= 0.6 is 11.6 Å². The SMILES string of the molecule is COCC(C)Oc1cc(CN)c(Cl)cn1. The first-order chi connectivity index (χ1) is 7.17. The lowest BCUT2D eigenvalue weighted by atomic mass is 10.2. The molecule has 2 N–H and O–H groups in total. The molecule has 4 nitrogen and oxygen atoms in total. The summed E-state index contributed by atoms with van der Waals surface area (Å²) in [6.45, 7) is 2.79. The van der Waals surface area contributed by atoms with Crippen LogP contribution in [0.4, 0.5) is 0 Å². The number of hydrogen-bond donors (Lipinski definition) is 1. The molecule has 1 rings (SSSR count). The van der Waals surface area contributed by atoms with Crippen LogP contribution in [0.25, 0.3) is 0 Å². The molecule has 1 unspecified atom stereocenters. The average Bonchev–Trinajstić information content (AvgIpc) is 2.21. The zero-order valence-electron chi connectivity index (χ0n) is 8.87. The van der Waals surface area contributed by atoms with E-state index in [0.717, 1.165) is 5.56 Å². The Bertz CT molecular complexity index is 320. The molecule has 0 spiro atoms. The molecule has 0 aliphatic rings. The molecule has 15 heavy (non-hydrogen) atoms. The molecule has 1 atom stereocenters. The van der Waals surface area contributed by atoms with Gasteiger partial charge in [0, 0.05) is 25.9 Å². The summed E-state index contributed by atoms with van der Waals surface area (Å²) < 4.78 is 10.5. The van der Waals surface area contributed by atoms with Crippen molar-refractivity contribution in [2.75, 3.05) is 13.7 Å². The van der Waals surface area contributed by atoms with Crippen LogP contribution in [0.5, 0.6) is 5.88 Å². The molecule has 0 radical (unpaired) electrons. The molecule has 1 aromatic rings. The third-order valence-electron chi connectivity index (χ3n) is 1.85. The number of methoxy groups -OCH3 is 1. The second-order valence-electron chi connectivity index (χ2n) is 3.20. The normalized spacial score (nSPS) is 12.5. The fraction of sp³-hybridized carbons (Fsp3) is 0.500. The van der Waals surface area contributed by atoms with E-state index in [2.05, 4.69) is 4.98 Å². The Kier molecular flexibility index (Phi) is 4.81. The molecule has 0 amide bonds. The summed E-state index contributed by atoms with van der Waals surface area (Å²) in [5, 5.41) is 0.559. The number of halogens is 1. The first-order valence-corrected chi connectivity index (χ1v) is 5.05. The van der Waals surface area contributed by atoms with E-state index in [9.17, 15) is 0 Å². The Balaban J connectivity index is 2.69. The zero-order chi connectivity index (χ0) is 11.3. The van der Waals surface area contributed by atoms with Gasteiger partial charge in [-0.1, -0.05) is 11.6 Å². The maximum absolute atomic E-state index is 5.87. The lowest BCUT2D eigenvalue weighted by Crippen LogP contribution is -2.18. The van der Waals surface area contributed by atoms with Crippen LogP contribution in [0.3, 0.4) is 0 Å². The Morgan fingerprint density at radius 2 is 2.33 bits per heavy atom. The third kappa shape index (κ3) is 3.66. The van der Waals surface area contributed by atoms with Gasteiger partial charge in [-0.05, 0) is 12.5 Å². The van der Waals surface area contributed by atoms with Crippen molar-refractivity contribution in [2.45, 2.75) is 19.6 Å². The molecule has 0 saturated heterocycles. The molecule has 0 aliphatic heterocycles. The van der Waals surface area contributed by atoms with Gasteiger partial charge < -0.3 is 15.2 Å². The van der Waals surface area contributed by atoms with E-state index in [1.807, 2.05) is 6.92 Å². The van der Waals surface area contributed by atoms with E-state index in [-0.39, 0.29) is 6.10 Å². The Morgan fingerprint density at radius 3 is 2.93 bits per heavy atom.